The molecule has 0 saturated carbocycles. The van der Waals surface area contributed by atoms with Gasteiger partial charge in [0.1, 0.15) is 5.82 Å². The standard InChI is InChI=1S/C13H15FN2OS/c14-10-3-4-11-12(6-10)16(13(17)15-11)7-9-2-1-5-18-8-9/h3-4,6,9H,1-2,5,7-8H2,(H,15,17). The van der Waals surface area contributed by atoms with Crippen LogP contribution in [0.3, 0.4) is 0 Å². The minimum Gasteiger partial charge on any atom is -0.306 e. The second kappa shape index (κ2) is 4.80. The van der Waals surface area contributed by atoms with Gasteiger partial charge in [0.15, 0.2) is 0 Å². The smallest absolute Gasteiger partial charge is 0.306 e. The summed E-state index contributed by atoms with van der Waals surface area (Å²) in [6.45, 7) is 0.690. The summed E-state index contributed by atoms with van der Waals surface area (Å²) in [4.78, 5) is 14.7. The Kier molecular flexibility index (Phi) is 3.16. The van der Waals surface area contributed by atoms with E-state index in [-0.39, 0.29) is 11.5 Å². The molecule has 3 rings (SSSR count). The molecule has 1 N–H and O–H groups in total. The highest BCUT2D eigenvalue weighted by Gasteiger charge is 2.17. The van der Waals surface area contributed by atoms with Crippen molar-refractivity contribution in [1.29, 1.82) is 0 Å². The van der Waals surface area contributed by atoms with Crippen molar-refractivity contribution in [2.75, 3.05) is 11.5 Å². The van der Waals surface area contributed by atoms with Gasteiger partial charge in [-0.1, -0.05) is 0 Å². The fourth-order valence-electron chi connectivity index (χ4n) is 2.52. The fraction of sp³-hybridized carbons (Fsp3) is 0.462. The molecule has 1 fully saturated rings. The molecule has 1 saturated heterocycles. The summed E-state index contributed by atoms with van der Waals surface area (Å²) in [5.41, 5.74) is 1.26. The number of aromatic nitrogens is 2. The van der Waals surface area contributed by atoms with Gasteiger partial charge >= 0.3 is 5.69 Å². The van der Waals surface area contributed by atoms with E-state index in [1.807, 2.05) is 11.8 Å². The minimum atomic E-state index is -0.298. The summed E-state index contributed by atoms with van der Waals surface area (Å²) in [7, 11) is 0. The van der Waals surface area contributed by atoms with E-state index in [1.165, 1.54) is 24.3 Å². The van der Waals surface area contributed by atoms with Crippen molar-refractivity contribution < 1.29 is 4.39 Å². The van der Waals surface area contributed by atoms with E-state index >= 15 is 0 Å². The Labute approximate surface area is 108 Å². The number of imidazole rings is 1. The monoisotopic (exact) mass is 266 g/mol. The van der Waals surface area contributed by atoms with E-state index < -0.39 is 0 Å². The summed E-state index contributed by atoms with van der Waals surface area (Å²) in [6, 6.07) is 4.43. The summed E-state index contributed by atoms with van der Waals surface area (Å²) in [6.07, 6.45) is 2.36. The molecular formula is C13H15FN2OS. The molecule has 0 spiro atoms. The van der Waals surface area contributed by atoms with E-state index in [4.69, 9.17) is 0 Å². The number of rotatable bonds is 2. The van der Waals surface area contributed by atoms with Crippen LogP contribution in [0.15, 0.2) is 23.0 Å². The van der Waals surface area contributed by atoms with E-state index in [0.717, 1.165) is 12.2 Å². The quantitative estimate of drug-likeness (QED) is 0.907. The SMILES string of the molecule is O=c1[nH]c2ccc(F)cc2n1CC1CCCSC1. The highest BCUT2D eigenvalue weighted by atomic mass is 32.2. The number of nitrogens with one attached hydrogen (secondary N) is 1. The van der Waals surface area contributed by atoms with Gasteiger partial charge in [0.25, 0.3) is 0 Å². The zero-order valence-corrected chi connectivity index (χ0v) is 10.8. The van der Waals surface area contributed by atoms with Crippen LogP contribution in [0.5, 0.6) is 0 Å². The molecule has 1 aliphatic heterocycles. The normalized spacial score (nSPS) is 20.4. The largest absolute Gasteiger partial charge is 0.326 e. The van der Waals surface area contributed by atoms with Gasteiger partial charge in [-0.25, -0.2) is 9.18 Å². The number of fused-ring (bicyclic) bond motifs is 1. The minimum absolute atomic E-state index is 0.133. The van der Waals surface area contributed by atoms with Crippen molar-refractivity contribution in [3.05, 3.63) is 34.5 Å². The highest BCUT2D eigenvalue weighted by Crippen LogP contribution is 2.24. The Morgan fingerprint density at radius 1 is 1.50 bits per heavy atom. The van der Waals surface area contributed by atoms with Gasteiger partial charge in [-0.3, -0.25) is 4.57 Å². The average molecular weight is 266 g/mol. The molecule has 1 atom stereocenters. The van der Waals surface area contributed by atoms with Crippen LogP contribution >= 0.6 is 11.8 Å². The lowest BCUT2D eigenvalue weighted by molar-refractivity contribution is 0.445. The maximum absolute atomic E-state index is 13.3. The lowest BCUT2D eigenvalue weighted by atomic mass is 10.1. The number of H-pyrrole nitrogens is 1. The topological polar surface area (TPSA) is 37.8 Å². The molecule has 2 heterocycles. The van der Waals surface area contributed by atoms with Crippen LogP contribution in [0.2, 0.25) is 0 Å². The predicted octanol–water partition coefficient (Wildman–Crippen LogP) is 2.61. The van der Waals surface area contributed by atoms with Crippen LogP contribution in [0.4, 0.5) is 4.39 Å². The van der Waals surface area contributed by atoms with Gasteiger partial charge in [-0.05, 0) is 48.5 Å². The van der Waals surface area contributed by atoms with Crippen LogP contribution in [0.25, 0.3) is 11.0 Å². The Hall–Kier alpha value is -1.23. The predicted molar refractivity (Wildman–Crippen MR) is 72.6 cm³/mol. The molecule has 1 unspecified atom stereocenters. The second-order valence-electron chi connectivity index (χ2n) is 4.79. The van der Waals surface area contributed by atoms with Crippen molar-refractivity contribution in [3.8, 4) is 0 Å². The van der Waals surface area contributed by atoms with Gasteiger partial charge in [0.05, 0.1) is 11.0 Å². The molecule has 18 heavy (non-hydrogen) atoms. The summed E-state index contributed by atoms with van der Waals surface area (Å²) in [5.74, 6) is 2.53. The lowest BCUT2D eigenvalue weighted by Gasteiger charge is -2.21. The van der Waals surface area contributed by atoms with Crippen LogP contribution in [-0.2, 0) is 6.54 Å². The molecule has 5 heteroatoms. The van der Waals surface area contributed by atoms with Gasteiger partial charge in [0, 0.05) is 6.54 Å². The Bertz CT molecular complexity index is 613. The first-order valence-electron chi connectivity index (χ1n) is 6.20. The zero-order chi connectivity index (χ0) is 12.5. The van der Waals surface area contributed by atoms with Crippen molar-refractivity contribution in [1.82, 2.24) is 9.55 Å². The second-order valence-corrected chi connectivity index (χ2v) is 5.94. The number of thioether (sulfide) groups is 1. The third-order valence-corrected chi connectivity index (χ3v) is 4.72. The molecule has 0 radical (unpaired) electrons. The molecular weight excluding hydrogens is 251 g/mol. The molecule has 0 bridgehead atoms. The molecule has 1 aromatic carbocycles. The molecule has 2 aromatic rings. The zero-order valence-electron chi connectivity index (χ0n) is 9.99. The van der Waals surface area contributed by atoms with E-state index in [0.29, 0.717) is 23.5 Å². The van der Waals surface area contributed by atoms with Crippen LogP contribution in [0, 0.1) is 11.7 Å². The Morgan fingerprint density at radius 2 is 2.39 bits per heavy atom. The maximum atomic E-state index is 13.3. The van der Waals surface area contributed by atoms with Gasteiger partial charge in [0.2, 0.25) is 0 Å². The number of hydrogen-bond donors (Lipinski definition) is 1. The van der Waals surface area contributed by atoms with Crippen molar-refractivity contribution in [3.63, 3.8) is 0 Å². The maximum Gasteiger partial charge on any atom is 0.326 e. The Balaban J connectivity index is 1.97. The van der Waals surface area contributed by atoms with E-state index in [1.54, 1.807) is 10.6 Å². The van der Waals surface area contributed by atoms with Crippen molar-refractivity contribution in [2.24, 2.45) is 5.92 Å². The number of halogens is 1. The summed E-state index contributed by atoms with van der Waals surface area (Å²) in [5, 5.41) is 0. The first kappa shape index (κ1) is 11.8. The van der Waals surface area contributed by atoms with Gasteiger partial charge in [-0.2, -0.15) is 11.8 Å². The van der Waals surface area contributed by atoms with E-state index in [2.05, 4.69) is 4.98 Å². The molecule has 1 aliphatic rings. The average Bonchev–Trinajstić information content (AvgIpc) is 2.67. The number of nitrogens with zero attached hydrogens (tertiary/aromatic N) is 1. The number of benzene rings is 1. The first-order chi connectivity index (χ1) is 8.74. The Morgan fingerprint density at radius 3 is 3.17 bits per heavy atom. The third kappa shape index (κ3) is 2.19. The van der Waals surface area contributed by atoms with Crippen molar-refractivity contribution >= 4 is 22.8 Å². The number of aromatic amines is 1. The van der Waals surface area contributed by atoms with Crippen LogP contribution < -0.4 is 5.69 Å². The lowest BCUT2D eigenvalue weighted by Crippen LogP contribution is -2.24. The van der Waals surface area contributed by atoms with Crippen LogP contribution in [-0.4, -0.2) is 21.1 Å². The van der Waals surface area contributed by atoms with Gasteiger partial charge < -0.3 is 4.98 Å². The molecule has 3 nitrogen and oxygen atoms in total. The molecule has 0 amide bonds. The van der Waals surface area contributed by atoms with Gasteiger partial charge in [-0.15, -0.1) is 0 Å². The fourth-order valence-corrected chi connectivity index (χ4v) is 3.66. The molecule has 0 aliphatic carbocycles. The highest BCUT2D eigenvalue weighted by molar-refractivity contribution is 7.99. The molecule has 96 valence electrons. The van der Waals surface area contributed by atoms with E-state index in [9.17, 15) is 9.18 Å². The first-order valence-corrected chi connectivity index (χ1v) is 7.35. The molecule has 1 aromatic heterocycles. The van der Waals surface area contributed by atoms with Crippen molar-refractivity contribution in [2.45, 2.75) is 19.4 Å². The third-order valence-electron chi connectivity index (χ3n) is 3.43. The summed E-state index contributed by atoms with van der Waals surface area (Å²) < 4.78 is 14.9. The van der Waals surface area contributed by atoms with Crippen LogP contribution in [0.1, 0.15) is 12.8 Å². The number of hydrogen-bond acceptors (Lipinski definition) is 2. The summed E-state index contributed by atoms with van der Waals surface area (Å²) >= 11 is 1.94.